The van der Waals surface area contributed by atoms with Crippen LogP contribution in [0.5, 0.6) is 0 Å². The van der Waals surface area contributed by atoms with Crippen LogP contribution in [-0.4, -0.2) is 54.8 Å². The highest BCUT2D eigenvalue weighted by Crippen LogP contribution is 2.36. The lowest BCUT2D eigenvalue weighted by Gasteiger charge is -2.36. The number of carbonyl (C=O) groups excluding carboxylic acids is 2. The van der Waals surface area contributed by atoms with Crippen LogP contribution in [0.4, 0.5) is 5.69 Å². The molecule has 5 heteroatoms. The molecule has 2 aliphatic rings. The molecule has 0 spiro atoms. The first-order valence-corrected chi connectivity index (χ1v) is 10.5. The first-order chi connectivity index (χ1) is 14.4. The van der Waals surface area contributed by atoms with E-state index < -0.39 is 0 Å². The fraction of sp³-hybridized carbons (Fsp3) is 0.360. The third kappa shape index (κ3) is 3.65. The number of hydrogen-bond donors (Lipinski definition) is 0. The molecule has 1 fully saturated rings. The first-order valence-electron chi connectivity index (χ1n) is 10.5. The van der Waals surface area contributed by atoms with Gasteiger partial charge in [0.25, 0.3) is 11.8 Å². The van der Waals surface area contributed by atoms with Gasteiger partial charge in [-0.15, -0.1) is 0 Å². The van der Waals surface area contributed by atoms with Crippen molar-refractivity contribution >= 4 is 23.1 Å². The maximum Gasteiger partial charge on any atom is 0.282 e. The summed E-state index contributed by atoms with van der Waals surface area (Å²) in [6, 6.07) is 15.6. The summed E-state index contributed by atoms with van der Waals surface area (Å²) in [5.74, 6) is -0.483. The van der Waals surface area contributed by atoms with E-state index in [1.807, 2.05) is 69.4 Å². The van der Waals surface area contributed by atoms with Crippen LogP contribution in [-0.2, 0) is 9.59 Å². The van der Waals surface area contributed by atoms with Crippen LogP contribution < -0.4 is 4.90 Å². The number of anilines is 1. The molecule has 0 aliphatic carbocycles. The molecule has 2 aromatic rings. The molecule has 156 valence electrons. The molecule has 4 rings (SSSR count). The Morgan fingerprint density at radius 3 is 1.93 bits per heavy atom. The second kappa shape index (κ2) is 8.07. The monoisotopic (exact) mass is 403 g/mol. The molecule has 0 bridgehead atoms. The molecule has 2 aliphatic heterocycles. The van der Waals surface area contributed by atoms with Crippen molar-refractivity contribution in [2.24, 2.45) is 0 Å². The minimum Gasteiger partial charge on any atom is -0.366 e. The summed E-state index contributed by atoms with van der Waals surface area (Å²) in [5.41, 5.74) is 4.64. The predicted molar refractivity (Wildman–Crippen MR) is 120 cm³/mol. The van der Waals surface area contributed by atoms with E-state index in [2.05, 4.69) is 16.8 Å². The molecule has 30 heavy (non-hydrogen) atoms. The average Bonchev–Trinajstić information content (AvgIpc) is 3.00. The molecule has 0 saturated carbocycles. The number of piperidine rings is 1. The van der Waals surface area contributed by atoms with Crippen LogP contribution in [0, 0.1) is 13.8 Å². The number of carbonyl (C=O) groups is 2. The van der Waals surface area contributed by atoms with Crippen LogP contribution >= 0.6 is 0 Å². The number of likely N-dealkylation sites (N-methyl/N-ethyl adjacent to an activating group) is 1. The summed E-state index contributed by atoms with van der Waals surface area (Å²) in [6.07, 6.45) is 1.95. The Morgan fingerprint density at radius 2 is 1.37 bits per heavy atom. The van der Waals surface area contributed by atoms with Crippen molar-refractivity contribution in [1.29, 1.82) is 0 Å². The van der Waals surface area contributed by atoms with Crippen LogP contribution in [0.1, 0.15) is 29.5 Å². The molecule has 1 saturated heterocycles. The van der Waals surface area contributed by atoms with Gasteiger partial charge in [-0.25, -0.2) is 4.90 Å². The van der Waals surface area contributed by atoms with Gasteiger partial charge >= 0.3 is 0 Å². The maximum absolute atomic E-state index is 13.6. The Hall–Kier alpha value is -2.92. The summed E-state index contributed by atoms with van der Waals surface area (Å²) in [5, 5.41) is 0. The summed E-state index contributed by atoms with van der Waals surface area (Å²) in [4.78, 5) is 32.8. The van der Waals surface area contributed by atoms with Gasteiger partial charge < -0.3 is 9.80 Å². The fourth-order valence-corrected chi connectivity index (χ4v) is 4.32. The van der Waals surface area contributed by atoms with Crippen molar-refractivity contribution in [2.45, 2.75) is 32.7 Å². The number of rotatable bonds is 4. The zero-order valence-electron chi connectivity index (χ0n) is 18.2. The number of nitrogens with zero attached hydrogens (tertiary/aromatic N) is 3. The maximum atomic E-state index is 13.6. The van der Waals surface area contributed by atoms with E-state index in [1.165, 1.54) is 4.90 Å². The molecular weight excluding hydrogens is 374 g/mol. The summed E-state index contributed by atoms with van der Waals surface area (Å²) < 4.78 is 0. The van der Waals surface area contributed by atoms with E-state index in [4.69, 9.17) is 0 Å². The zero-order valence-corrected chi connectivity index (χ0v) is 18.2. The van der Waals surface area contributed by atoms with Crippen molar-refractivity contribution in [3.05, 3.63) is 70.9 Å². The van der Waals surface area contributed by atoms with Crippen LogP contribution in [0.25, 0.3) is 5.57 Å². The largest absolute Gasteiger partial charge is 0.366 e. The topological polar surface area (TPSA) is 43.9 Å². The number of benzene rings is 2. The van der Waals surface area contributed by atoms with Crippen molar-refractivity contribution < 1.29 is 9.59 Å². The molecule has 0 aromatic heterocycles. The molecule has 0 radical (unpaired) electrons. The predicted octanol–water partition coefficient (Wildman–Crippen LogP) is 3.61. The van der Waals surface area contributed by atoms with Gasteiger partial charge in [-0.05, 0) is 64.5 Å². The van der Waals surface area contributed by atoms with E-state index in [-0.39, 0.29) is 17.9 Å². The highest BCUT2D eigenvalue weighted by molar-refractivity contribution is 6.45. The van der Waals surface area contributed by atoms with Gasteiger partial charge in [-0.2, -0.15) is 0 Å². The van der Waals surface area contributed by atoms with Gasteiger partial charge in [0.05, 0.1) is 11.3 Å². The second-order valence-electron chi connectivity index (χ2n) is 8.52. The van der Waals surface area contributed by atoms with Gasteiger partial charge in [0.15, 0.2) is 0 Å². The fourth-order valence-electron chi connectivity index (χ4n) is 4.32. The third-order valence-electron chi connectivity index (χ3n) is 6.28. The lowest BCUT2D eigenvalue weighted by atomic mass is 9.99. The number of amides is 2. The van der Waals surface area contributed by atoms with Crippen LogP contribution in [0.2, 0.25) is 0 Å². The quantitative estimate of drug-likeness (QED) is 0.732. The van der Waals surface area contributed by atoms with Gasteiger partial charge in [0.1, 0.15) is 5.70 Å². The van der Waals surface area contributed by atoms with Gasteiger partial charge in [-0.3, -0.25) is 9.59 Å². The van der Waals surface area contributed by atoms with Gasteiger partial charge in [0, 0.05) is 13.1 Å². The summed E-state index contributed by atoms with van der Waals surface area (Å²) in [6.45, 7) is 5.99. The normalized spacial score (nSPS) is 18.5. The van der Waals surface area contributed by atoms with Crippen molar-refractivity contribution in [3.63, 3.8) is 0 Å². The molecule has 2 amide bonds. The SMILES string of the molecule is Cc1ccc(C2=C(N(C)C3CCN(C)CC3)C(=O)N(c3ccc(C)cc3)C2=O)cc1. The number of likely N-dealkylation sites (tertiary alicyclic amines) is 1. The Morgan fingerprint density at radius 1 is 0.833 bits per heavy atom. The number of hydrogen-bond acceptors (Lipinski definition) is 4. The van der Waals surface area contributed by atoms with Crippen molar-refractivity contribution in [3.8, 4) is 0 Å². The molecule has 2 aromatic carbocycles. The van der Waals surface area contributed by atoms with E-state index in [1.54, 1.807) is 0 Å². The Bertz CT molecular complexity index is 984. The molecule has 0 unspecified atom stereocenters. The highest BCUT2D eigenvalue weighted by Gasteiger charge is 2.43. The van der Waals surface area contributed by atoms with Gasteiger partial charge in [-0.1, -0.05) is 47.5 Å². The van der Waals surface area contributed by atoms with E-state index >= 15 is 0 Å². The molecule has 2 heterocycles. The smallest absolute Gasteiger partial charge is 0.282 e. The minimum absolute atomic E-state index is 0.235. The Kier molecular flexibility index (Phi) is 5.48. The van der Waals surface area contributed by atoms with E-state index in [0.29, 0.717) is 17.0 Å². The molecule has 5 nitrogen and oxygen atoms in total. The zero-order chi connectivity index (χ0) is 21.4. The number of imide groups is 1. The summed E-state index contributed by atoms with van der Waals surface area (Å²) in [7, 11) is 4.08. The Labute approximate surface area is 178 Å². The van der Waals surface area contributed by atoms with Crippen molar-refractivity contribution in [2.75, 3.05) is 32.1 Å². The lowest BCUT2D eigenvalue weighted by Crippen LogP contribution is -2.43. The standard InChI is InChI=1S/C25H29N3O2/c1-17-5-9-19(10-6-17)22-23(27(4)20-13-15-26(3)16-14-20)25(30)28(24(22)29)21-11-7-18(2)8-12-21/h5-12,20H,13-16H2,1-4H3. The molecule has 0 N–H and O–H groups in total. The average molecular weight is 404 g/mol. The molecular formula is C25H29N3O2. The molecule has 0 atom stereocenters. The van der Waals surface area contributed by atoms with E-state index in [0.717, 1.165) is 42.6 Å². The summed E-state index contributed by atoms with van der Waals surface area (Å²) >= 11 is 0. The minimum atomic E-state index is -0.248. The van der Waals surface area contributed by atoms with Gasteiger partial charge in [0.2, 0.25) is 0 Å². The van der Waals surface area contributed by atoms with Crippen LogP contribution in [0.3, 0.4) is 0 Å². The third-order valence-corrected chi connectivity index (χ3v) is 6.28. The first kappa shape index (κ1) is 20.4. The van der Waals surface area contributed by atoms with Crippen molar-refractivity contribution in [1.82, 2.24) is 9.80 Å². The second-order valence-corrected chi connectivity index (χ2v) is 8.52. The number of aryl methyl sites for hydroxylation is 2. The van der Waals surface area contributed by atoms with Crippen LogP contribution in [0.15, 0.2) is 54.2 Å². The highest BCUT2D eigenvalue weighted by atomic mass is 16.2. The lowest BCUT2D eigenvalue weighted by molar-refractivity contribution is -0.120. The Balaban J connectivity index is 1.77. The van der Waals surface area contributed by atoms with E-state index in [9.17, 15) is 9.59 Å².